The predicted octanol–water partition coefficient (Wildman–Crippen LogP) is 3.98. The number of hydrogen-bond donors (Lipinski definition) is 1. The molecule has 0 heterocycles. The second-order valence-electron chi connectivity index (χ2n) is 4.93. The van der Waals surface area contributed by atoms with Gasteiger partial charge in [-0.05, 0) is 36.5 Å². The van der Waals surface area contributed by atoms with Crippen molar-refractivity contribution in [3.63, 3.8) is 0 Å². The van der Waals surface area contributed by atoms with Crippen molar-refractivity contribution >= 4 is 5.91 Å². The summed E-state index contributed by atoms with van der Waals surface area (Å²) in [5.41, 5.74) is 6.06. The number of alkyl halides is 3. The summed E-state index contributed by atoms with van der Waals surface area (Å²) < 4.78 is 40.7. The van der Waals surface area contributed by atoms with Gasteiger partial charge in [0.25, 0.3) is 0 Å². The number of rotatable bonds is 7. The molecule has 1 aromatic carbocycles. The van der Waals surface area contributed by atoms with Crippen molar-refractivity contribution in [3.8, 4) is 5.75 Å². The highest BCUT2D eigenvalue weighted by Crippen LogP contribution is 2.34. The number of carbonyl (C=O) groups excluding carboxylic acids is 1. The fourth-order valence-corrected chi connectivity index (χ4v) is 2.55. The van der Waals surface area contributed by atoms with Crippen LogP contribution >= 0.6 is 0 Å². The predicted molar refractivity (Wildman–Crippen MR) is 73.7 cm³/mol. The van der Waals surface area contributed by atoms with Crippen molar-refractivity contribution in [2.75, 3.05) is 0 Å². The van der Waals surface area contributed by atoms with E-state index in [1.165, 1.54) is 18.2 Å². The molecule has 0 aliphatic rings. The van der Waals surface area contributed by atoms with E-state index in [4.69, 9.17) is 5.73 Å². The zero-order valence-electron chi connectivity index (χ0n) is 12.1. The smallest absolute Gasteiger partial charge is 0.406 e. The minimum Gasteiger partial charge on any atom is -0.406 e. The van der Waals surface area contributed by atoms with Crippen LogP contribution in [0, 0.1) is 5.92 Å². The van der Waals surface area contributed by atoms with Gasteiger partial charge >= 0.3 is 6.36 Å². The second-order valence-corrected chi connectivity index (χ2v) is 4.93. The van der Waals surface area contributed by atoms with Crippen LogP contribution in [0.25, 0.3) is 0 Å². The molecular weight excluding hydrogens is 283 g/mol. The number of benzene rings is 1. The van der Waals surface area contributed by atoms with E-state index < -0.39 is 12.3 Å². The van der Waals surface area contributed by atoms with E-state index in [2.05, 4.69) is 4.74 Å². The molecule has 1 amide bonds. The summed E-state index contributed by atoms with van der Waals surface area (Å²) in [6.45, 7) is 3.82. The normalized spacial score (nSPS) is 14.5. The summed E-state index contributed by atoms with van der Waals surface area (Å²) in [6.07, 6.45) is -2.73. The molecule has 0 aliphatic carbocycles. The number of primary amides is 1. The first-order valence-electron chi connectivity index (χ1n) is 6.93. The molecule has 0 bridgehead atoms. The molecule has 2 N–H and O–H groups in total. The lowest BCUT2D eigenvalue weighted by molar-refractivity contribution is -0.274. The van der Waals surface area contributed by atoms with Crippen LogP contribution in [0.5, 0.6) is 5.75 Å². The Morgan fingerprint density at radius 1 is 1.33 bits per heavy atom. The van der Waals surface area contributed by atoms with Crippen molar-refractivity contribution in [1.29, 1.82) is 0 Å². The van der Waals surface area contributed by atoms with Gasteiger partial charge in [-0.3, -0.25) is 4.79 Å². The summed E-state index contributed by atoms with van der Waals surface area (Å²) in [5.74, 6) is -1.30. The van der Waals surface area contributed by atoms with Crippen LogP contribution in [-0.4, -0.2) is 12.3 Å². The highest BCUT2D eigenvalue weighted by Gasteiger charge is 2.32. The fourth-order valence-electron chi connectivity index (χ4n) is 2.55. The molecule has 0 aliphatic heterocycles. The van der Waals surface area contributed by atoms with Crippen molar-refractivity contribution in [1.82, 2.24) is 0 Å². The standard InChI is InChI=1S/C15H20F3NO2/c1-3-6-13(14(19)20)12(4-2)10-7-5-8-11(9-10)21-15(16,17)18/h5,7-9,12-13H,3-4,6H2,1-2H3,(H2,19,20)/t12-,13?/m1/s1. The Labute approximate surface area is 122 Å². The van der Waals surface area contributed by atoms with E-state index in [0.29, 0.717) is 18.4 Å². The average Bonchev–Trinajstić information content (AvgIpc) is 2.37. The highest BCUT2D eigenvalue weighted by molar-refractivity contribution is 5.77. The van der Waals surface area contributed by atoms with E-state index in [1.807, 2.05) is 13.8 Å². The van der Waals surface area contributed by atoms with E-state index in [0.717, 1.165) is 6.42 Å². The van der Waals surface area contributed by atoms with Crippen LogP contribution in [0.1, 0.15) is 44.6 Å². The number of nitrogens with two attached hydrogens (primary N) is 1. The van der Waals surface area contributed by atoms with Crippen LogP contribution in [0.15, 0.2) is 24.3 Å². The second kappa shape index (κ2) is 7.33. The molecule has 0 radical (unpaired) electrons. The average molecular weight is 303 g/mol. The number of hydrogen-bond acceptors (Lipinski definition) is 2. The summed E-state index contributed by atoms with van der Waals surface area (Å²) in [4.78, 5) is 11.6. The number of ether oxygens (including phenoxy) is 1. The van der Waals surface area contributed by atoms with Crippen LogP contribution in [-0.2, 0) is 4.79 Å². The molecule has 21 heavy (non-hydrogen) atoms. The van der Waals surface area contributed by atoms with E-state index in [1.54, 1.807) is 6.07 Å². The number of carbonyl (C=O) groups is 1. The Kier molecular flexibility index (Phi) is 6.05. The van der Waals surface area contributed by atoms with Gasteiger partial charge in [0.1, 0.15) is 5.75 Å². The lowest BCUT2D eigenvalue weighted by Gasteiger charge is -2.24. The summed E-state index contributed by atoms with van der Waals surface area (Å²) >= 11 is 0. The van der Waals surface area contributed by atoms with Gasteiger partial charge in [-0.25, -0.2) is 0 Å². The Bertz CT molecular complexity index is 474. The molecule has 1 unspecified atom stereocenters. The van der Waals surface area contributed by atoms with E-state index in [-0.39, 0.29) is 17.6 Å². The number of amides is 1. The first-order chi connectivity index (χ1) is 9.78. The Morgan fingerprint density at radius 3 is 2.48 bits per heavy atom. The topological polar surface area (TPSA) is 52.3 Å². The third-order valence-corrected chi connectivity index (χ3v) is 3.41. The molecule has 1 rings (SSSR count). The Hall–Kier alpha value is -1.72. The summed E-state index contributed by atoms with van der Waals surface area (Å²) in [6, 6.07) is 5.75. The lowest BCUT2D eigenvalue weighted by Crippen LogP contribution is -2.28. The maximum Gasteiger partial charge on any atom is 0.573 e. The van der Waals surface area contributed by atoms with Crippen molar-refractivity contribution in [2.24, 2.45) is 11.7 Å². The molecule has 0 fully saturated rings. The molecule has 2 atom stereocenters. The largest absolute Gasteiger partial charge is 0.573 e. The van der Waals surface area contributed by atoms with Gasteiger partial charge in [-0.15, -0.1) is 13.2 Å². The quantitative estimate of drug-likeness (QED) is 0.828. The zero-order chi connectivity index (χ0) is 16.0. The van der Waals surface area contributed by atoms with Gasteiger partial charge in [0, 0.05) is 5.92 Å². The molecule has 0 saturated heterocycles. The van der Waals surface area contributed by atoms with Gasteiger partial charge < -0.3 is 10.5 Å². The molecular formula is C15H20F3NO2. The van der Waals surface area contributed by atoms with Crippen LogP contribution in [0.3, 0.4) is 0 Å². The fraction of sp³-hybridized carbons (Fsp3) is 0.533. The lowest BCUT2D eigenvalue weighted by atomic mass is 9.81. The maximum atomic E-state index is 12.3. The van der Waals surface area contributed by atoms with Gasteiger partial charge in [-0.1, -0.05) is 32.4 Å². The molecule has 0 spiro atoms. The third kappa shape index (κ3) is 5.28. The van der Waals surface area contributed by atoms with Gasteiger partial charge in [-0.2, -0.15) is 0 Å². The molecule has 6 heteroatoms. The molecule has 118 valence electrons. The monoisotopic (exact) mass is 303 g/mol. The minimum absolute atomic E-state index is 0.209. The van der Waals surface area contributed by atoms with Crippen molar-refractivity contribution in [2.45, 2.75) is 45.4 Å². The van der Waals surface area contributed by atoms with Crippen molar-refractivity contribution < 1.29 is 22.7 Å². The van der Waals surface area contributed by atoms with E-state index in [9.17, 15) is 18.0 Å². The van der Waals surface area contributed by atoms with Crippen molar-refractivity contribution in [3.05, 3.63) is 29.8 Å². The van der Waals surface area contributed by atoms with Gasteiger partial charge in [0.15, 0.2) is 0 Å². The first-order valence-corrected chi connectivity index (χ1v) is 6.93. The van der Waals surface area contributed by atoms with Crippen LogP contribution in [0.4, 0.5) is 13.2 Å². The van der Waals surface area contributed by atoms with Gasteiger partial charge in [0.2, 0.25) is 5.91 Å². The summed E-state index contributed by atoms with van der Waals surface area (Å²) in [7, 11) is 0. The Morgan fingerprint density at radius 2 is 2.00 bits per heavy atom. The first kappa shape index (κ1) is 17.3. The van der Waals surface area contributed by atoms with Crippen LogP contribution < -0.4 is 10.5 Å². The maximum absolute atomic E-state index is 12.3. The van der Waals surface area contributed by atoms with Gasteiger partial charge in [0.05, 0.1) is 0 Å². The molecule has 0 saturated carbocycles. The Balaban J connectivity index is 3.05. The van der Waals surface area contributed by atoms with E-state index >= 15 is 0 Å². The summed E-state index contributed by atoms with van der Waals surface area (Å²) in [5, 5.41) is 0. The number of halogens is 3. The minimum atomic E-state index is -4.73. The molecule has 0 aromatic heterocycles. The SMILES string of the molecule is CCCC(C(N)=O)[C@H](CC)c1cccc(OC(F)(F)F)c1. The molecule has 3 nitrogen and oxygen atoms in total. The zero-order valence-corrected chi connectivity index (χ0v) is 12.1. The third-order valence-electron chi connectivity index (χ3n) is 3.41. The van der Waals surface area contributed by atoms with Crippen LogP contribution in [0.2, 0.25) is 0 Å². The highest BCUT2D eigenvalue weighted by atomic mass is 19.4. The molecule has 1 aromatic rings.